The van der Waals surface area contributed by atoms with Gasteiger partial charge in [0, 0.05) is 10.9 Å². The lowest BCUT2D eigenvalue weighted by molar-refractivity contribution is -0.136. The Kier molecular flexibility index (Phi) is 5.86. The molecular weight excluding hydrogens is 350 g/mol. The number of carbonyl (C=O) groups is 1. The lowest BCUT2D eigenvalue weighted by atomic mass is 10.2. The van der Waals surface area contributed by atoms with Crippen LogP contribution in [-0.2, 0) is 11.2 Å². The average Bonchev–Trinajstić information content (AvgIpc) is 3.08. The second kappa shape index (κ2) is 8.49. The lowest BCUT2D eigenvalue weighted by Crippen LogP contribution is -2.08. The van der Waals surface area contributed by atoms with Crippen molar-refractivity contribution in [3.05, 3.63) is 65.2 Å². The summed E-state index contributed by atoms with van der Waals surface area (Å²) in [4.78, 5) is 15.1. The van der Waals surface area contributed by atoms with Crippen LogP contribution < -0.4 is 9.47 Å². The fourth-order valence-electron chi connectivity index (χ4n) is 2.32. The van der Waals surface area contributed by atoms with Crippen molar-refractivity contribution in [1.29, 1.82) is 0 Å². The van der Waals surface area contributed by atoms with E-state index < -0.39 is 5.97 Å². The predicted octanol–water partition coefficient (Wildman–Crippen LogP) is 4.20. The number of aliphatic carboxylic acids is 1. The van der Waals surface area contributed by atoms with Gasteiger partial charge in [-0.25, -0.2) is 4.98 Å². The van der Waals surface area contributed by atoms with Gasteiger partial charge in [0.1, 0.15) is 29.7 Å². The highest BCUT2D eigenvalue weighted by atomic mass is 32.1. The predicted molar refractivity (Wildman–Crippen MR) is 101 cm³/mol. The number of nitrogens with zero attached hydrogens (tertiary/aromatic N) is 1. The SMILES string of the molecule is Cc1ccc(OCCOc2ccc(-c3nc(CC(=O)O)cs3)cc2)cc1. The summed E-state index contributed by atoms with van der Waals surface area (Å²) in [6.07, 6.45) is -0.0569. The van der Waals surface area contributed by atoms with Crippen molar-refractivity contribution in [1.82, 2.24) is 4.98 Å². The van der Waals surface area contributed by atoms with Crippen molar-refractivity contribution in [3.8, 4) is 22.1 Å². The summed E-state index contributed by atoms with van der Waals surface area (Å²) in [5, 5.41) is 11.4. The molecule has 0 fully saturated rings. The first-order valence-electron chi connectivity index (χ1n) is 8.19. The van der Waals surface area contributed by atoms with Crippen molar-refractivity contribution in [2.75, 3.05) is 13.2 Å². The average molecular weight is 369 g/mol. The Labute approximate surface area is 155 Å². The Morgan fingerprint density at radius 2 is 1.58 bits per heavy atom. The highest BCUT2D eigenvalue weighted by Gasteiger charge is 2.08. The summed E-state index contributed by atoms with van der Waals surface area (Å²) in [7, 11) is 0. The van der Waals surface area contributed by atoms with Crippen LogP contribution in [0.5, 0.6) is 11.5 Å². The maximum atomic E-state index is 10.7. The van der Waals surface area contributed by atoms with E-state index in [1.807, 2.05) is 55.5 Å². The van der Waals surface area contributed by atoms with Gasteiger partial charge in [0.15, 0.2) is 0 Å². The smallest absolute Gasteiger partial charge is 0.309 e. The summed E-state index contributed by atoms with van der Waals surface area (Å²) in [6.45, 7) is 2.96. The quantitative estimate of drug-likeness (QED) is 0.603. The Balaban J connectivity index is 1.49. The first-order chi connectivity index (χ1) is 12.6. The van der Waals surface area contributed by atoms with Crippen LogP contribution in [0, 0.1) is 6.92 Å². The first kappa shape index (κ1) is 17.9. The molecule has 3 rings (SSSR count). The standard InChI is InChI=1S/C20H19NO4S/c1-14-2-6-17(7-3-14)24-10-11-25-18-8-4-15(5-9-18)20-21-16(13-26-20)12-19(22)23/h2-9,13H,10-12H2,1H3,(H,22,23). The Hall–Kier alpha value is -2.86. The van der Waals surface area contributed by atoms with E-state index in [0.717, 1.165) is 22.1 Å². The minimum Gasteiger partial charge on any atom is -0.490 e. The highest BCUT2D eigenvalue weighted by Crippen LogP contribution is 2.26. The molecule has 0 aliphatic rings. The second-order valence-electron chi connectivity index (χ2n) is 5.75. The third-order valence-electron chi connectivity index (χ3n) is 3.63. The largest absolute Gasteiger partial charge is 0.490 e. The van der Waals surface area contributed by atoms with E-state index >= 15 is 0 Å². The van der Waals surface area contributed by atoms with Gasteiger partial charge in [-0.3, -0.25) is 4.79 Å². The number of aromatic nitrogens is 1. The molecule has 0 aliphatic heterocycles. The van der Waals surface area contributed by atoms with Crippen LogP contribution in [0.25, 0.3) is 10.6 Å². The molecule has 134 valence electrons. The van der Waals surface area contributed by atoms with E-state index in [0.29, 0.717) is 18.9 Å². The number of benzene rings is 2. The summed E-state index contributed by atoms with van der Waals surface area (Å²) < 4.78 is 11.3. The molecule has 0 radical (unpaired) electrons. The van der Waals surface area contributed by atoms with Crippen LogP contribution in [0.3, 0.4) is 0 Å². The minimum atomic E-state index is -0.876. The molecular formula is C20H19NO4S. The van der Waals surface area contributed by atoms with Gasteiger partial charge in [0.2, 0.25) is 0 Å². The molecule has 1 heterocycles. The number of hydrogen-bond donors (Lipinski definition) is 1. The van der Waals surface area contributed by atoms with Gasteiger partial charge in [-0.15, -0.1) is 11.3 Å². The zero-order valence-electron chi connectivity index (χ0n) is 14.3. The molecule has 0 saturated carbocycles. The Morgan fingerprint density at radius 1 is 1.00 bits per heavy atom. The van der Waals surface area contributed by atoms with E-state index in [1.54, 1.807) is 5.38 Å². The normalized spacial score (nSPS) is 10.5. The third-order valence-corrected chi connectivity index (χ3v) is 4.57. The van der Waals surface area contributed by atoms with Gasteiger partial charge >= 0.3 is 5.97 Å². The van der Waals surface area contributed by atoms with Crippen molar-refractivity contribution in [3.63, 3.8) is 0 Å². The van der Waals surface area contributed by atoms with E-state index in [-0.39, 0.29) is 6.42 Å². The first-order valence-corrected chi connectivity index (χ1v) is 9.07. The molecule has 0 aliphatic carbocycles. The van der Waals surface area contributed by atoms with Crippen LogP contribution in [0.15, 0.2) is 53.9 Å². The van der Waals surface area contributed by atoms with Gasteiger partial charge < -0.3 is 14.6 Å². The number of hydrogen-bond acceptors (Lipinski definition) is 5. The molecule has 6 heteroatoms. The fourth-order valence-corrected chi connectivity index (χ4v) is 3.15. The molecule has 2 aromatic carbocycles. The van der Waals surface area contributed by atoms with E-state index in [9.17, 15) is 4.79 Å². The van der Waals surface area contributed by atoms with Crippen molar-refractivity contribution in [2.45, 2.75) is 13.3 Å². The van der Waals surface area contributed by atoms with Crippen molar-refractivity contribution >= 4 is 17.3 Å². The number of carboxylic acids is 1. The number of aryl methyl sites for hydroxylation is 1. The van der Waals surface area contributed by atoms with Gasteiger partial charge in [0.25, 0.3) is 0 Å². The van der Waals surface area contributed by atoms with Crippen molar-refractivity contribution in [2.24, 2.45) is 0 Å². The summed E-state index contributed by atoms with van der Waals surface area (Å²) in [5.74, 6) is 0.706. The molecule has 0 bridgehead atoms. The topological polar surface area (TPSA) is 68.7 Å². The Morgan fingerprint density at radius 3 is 2.15 bits per heavy atom. The molecule has 0 atom stereocenters. The molecule has 1 aromatic heterocycles. The van der Waals surface area contributed by atoms with Gasteiger partial charge in [0.05, 0.1) is 12.1 Å². The van der Waals surface area contributed by atoms with E-state index in [4.69, 9.17) is 14.6 Å². The maximum Gasteiger partial charge on any atom is 0.309 e. The summed E-state index contributed by atoms with van der Waals surface area (Å²) in [5.41, 5.74) is 2.71. The van der Waals surface area contributed by atoms with Gasteiger partial charge in [-0.05, 0) is 43.3 Å². The monoisotopic (exact) mass is 369 g/mol. The fraction of sp³-hybridized carbons (Fsp3) is 0.200. The van der Waals surface area contributed by atoms with Gasteiger partial charge in [-0.1, -0.05) is 17.7 Å². The molecule has 26 heavy (non-hydrogen) atoms. The van der Waals surface area contributed by atoms with Crippen LogP contribution in [0.4, 0.5) is 0 Å². The minimum absolute atomic E-state index is 0.0569. The van der Waals surface area contributed by atoms with Crippen LogP contribution in [0.2, 0.25) is 0 Å². The number of carboxylic acid groups (broad SMARTS) is 1. The number of thiazole rings is 1. The van der Waals surface area contributed by atoms with E-state index in [2.05, 4.69) is 4.98 Å². The van der Waals surface area contributed by atoms with Crippen LogP contribution in [-0.4, -0.2) is 29.3 Å². The molecule has 0 spiro atoms. The van der Waals surface area contributed by atoms with Gasteiger partial charge in [-0.2, -0.15) is 0 Å². The maximum absolute atomic E-state index is 10.7. The number of ether oxygens (including phenoxy) is 2. The molecule has 0 saturated heterocycles. The molecule has 5 nitrogen and oxygen atoms in total. The lowest BCUT2D eigenvalue weighted by Gasteiger charge is -2.09. The Bertz CT molecular complexity index is 856. The zero-order chi connectivity index (χ0) is 18.4. The van der Waals surface area contributed by atoms with Crippen LogP contribution in [0.1, 0.15) is 11.3 Å². The summed E-state index contributed by atoms with van der Waals surface area (Å²) >= 11 is 1.44. The van der Waals surface area contributed by atoms with E-state index in [1.165, 1.54) is 16.9 Å². The zero-order valence-corrected chi connectivity index (χ0v) is 15.2. The molecule has 3 aromatic rings. The summed E-state index contributed by atoms with van der Waals surface area (Å²) in [6, 6.07) is 15.5. The number of rotatable bonds is 8. The molecule has 0 amide bonds. The third kappa shape index (κ3) is 5.07. The second-order valence-corrected chi connectivity index (χ2v) is 6.61. The molecule has 0 unspecified atom stereocenters. The van der Waals surface area contributed by atoms with Crippen molar-refractivity contribution < 1.29 is 19.4 Å². The molecule has 1 N–H and O–H groups in total. The highest BCUT2D eigenvalue weighted by molar-refractivity contribution is 7.13. The van der Waals surface area contributed by atoms with Crippen LogP contribution >= 0.6 is 11.3 Å².